The zero-order chi connectivity index (χ0) is 28.7. The van der Waals surface area contributed by atoms with Gasteiger partial charge in [-0.05, 0) is 48.4 Å². The molecule has 1 aliphatic rings. The van der Waals surface area contributed by atoms with E-state index in [1.54, 1.807) is 68.6 Å². The Balaban J connectivity index is 1.76. The van der Waals surface area contributed by atoms with E-state index in [1.165, 1.54) is 24.1 Å². The van der Waals surface area contributed by atoms with Gasteiger partial charge in [-0.25, -0.2) is 8.42 Å². The lowest BCUT2D eigenvalue weighted by atomic mass is 10.1. The molecule has 0 aliphatic carbocycles. The quantitative estimate of drug-likeness (QED) is 0.378. The number of benzene rings is 3. The van der Waals surface area contributed by atoms with Gasteiger partial charge in [0.1, 0.15) is 31.5 Å². The van der Waals surface area contributed by atoms with Gasteiger partial charge in [0, 0.05) is 19.7 Å². The summed E-state index contributed by atoms with van der Waals surface area (Å²) >= 11 is 0. The van der Waals surface area contributed by atoms with E-state index in [-0.39, 0.29) is 23.0 Å². The van der Waals surface area contributed by atoms with E-state index in [1.807, 2.05) is 6.07 Å². The van der Waals surface area contributed by atoms with Gasteiger partial charge in [-0.15, -0.1) is 0 Å². The average Bonchev–Trinajstić information content (AvgIpc) is 2.99. The Bertz CT molecular complexity index is 1450. The number of likely N-dealkylation sites (N-methyl/N-ethyl adjacent to an activating group) is 1. The molecular weight excluding hydrogens is 534 g/mol. The van der Waals surface area contributed by atoms with Crippen LogP contribution >= 0.6 is 0 Å². The van der Waals surface area contributed by atoms with Gasteiger partial charge < -0.3 is 24.4 Å². The van der Waals surface area contributed by atoms with Gasteiger partial charge in [-0.1, -0.05) is 37.3 Å². The van der Waals surface area contributed by atoms with E-state index in [4.69, 9.17) is 14.2 Å². The Morgan fingerprint density at radius 2 is 1.70 bits per heavy atom. The number of anilines is 1. The second-order valence-corrected chi connectivity index (χ2v) is 10.9. The largest absolute Gasteiger partial charge is 0.497 e. The Kier molecular flexibility index (Phi) is 9.15. The molecule has 0 unspecified atom stereocenters. The van der Waals surface area contributed by atoms with Crippen molar-refractivity contribution in [2.24, 2.45) is 0 Å². The second kappa shape index (κ2) is 12.7. The van der Waals surface area contributed by atoms with Crippen LogP contribution in [-0.2, 0) is 26.2 Å². The minimum absolute atomic E-state index is 0.0235. The number of fused-ring (bicyclic) bond motifs is 1. The predicted octanol–water partition coefficient (Wildman–Crippen LogP) is 3.22. The van der Waals surface area contributed by atoms with Gasteiger partial charge >= 0.3 is 0 Å². The molecule has 3 aromatic carbocycles. The summed E-state index contributed by atoms with van der Waals surface area (Å²) in [6.45, 7) is 2.02. The lowest BCUT2D eigenvalue weighted by molar-refractivity contribution is -0.140. The molecule has 0 saturated heterocycles. The summed E-state index contributed by atoms with van der Waals surface area (Å²) in [6.07, 6.45) is 0.324. The standard InChI is InChI=1S/C29H33N3O7S/c1-4-25(29(34)30-2)31(19-21-9-8-10-23(17-21)37-3)28(33)20-32(40(35,36)24-11-6-5-7-12-24)22-13-14-26-27(18-22)39-16-15-38-26/h5-14,17-18,25H,4,15-16,19-20H2,1-3H3,(H,30,34)/t25-/m1/s1. The molecule has 0 radical (unpaired) electrons. The highest BCUT2D eigenvalue weighted by Gasteiger charge is 2.34. The molecule has 3 aromatic rings. The second-order valence-electron chi connectivity index (χ2n) is 9.06. The van der Waals surface area contributed by atoms with E-state index in [9.17, 15) is 18.0 Å². The molecule has 0 aromatic heterocycles. The van der Waals surface area contributed by atoms with Crippen LogP contribution in [0.15, 0.2) is 77.7 Å². The molecule has 1 heterocycles. The highest BCUT2D eigenvalue weighted by atomic mass is 32.2. The van der Waals surface area contributed by atoms with Crippen molar-refractivity contribution in [2.45, 2.75) is 30.8 Å². The predicted molar refractivity (Wildman–Crippen MR) is 150 cm³/mol. The fraction of sp³-hybridized carbons (Fsp3) is 0.310. The van der Waals surface area contributed by atoms with Crippen molar-refractivity contribution in [3.8, 4) is 17.2 Å². The Hall–Kier alpha value is -4.25. The smallest absolute Gasteiger partial charge is 0.264 e. The molecule has 10 nitrogen and oxygen atoms in total. The fourth-order valence-corrected chi connectivity index (χ4v) is 5.92. The molecule has 1 N–H and O–H groups in total. The third kappa shape index (κ3) is 6.31. The molecule has 2 amide bonds. The SMILES string of the molecule is CC[C@H](C(=O)NC)N(Cc1cccc(OC)c1)C(=O)CN(c1ccc2c(c1)OCCO2)S(=O)(=O)c1ccccc1. The number of rotatable bonds is 11. The van der Waals surface area contributed by atoms with E-state index < -0.39 is 28.5 Å². The Morgan fingerprint density at radius 1 is 0.975 bits per heavy atom. The maximum atomic E-state index is 14.0. The average molecular weight is 568 g/mol. The molecule has 0 fully saturated rings. The number of ether oxygens (including phenoxy) is 3. The third-order valence-corrected chi connectivity index (χ3v) is 8.33. The molecule has 0 saturated carbocycles. The highest BCUT2D eigenvalue weighted by molar-refractivity contribution is 7.92. The summed E-state index contributed by atoms with van der Waals surface area (Å²) in [6, 6.07) is 19.0. The topological polar surface area (TPSA) is 114 Å². The first-order chi connectivity index (χ1) is 19.3. The molecule has 1 atom stereocenters. The fourth-order valence-electron chi connectivity index (χ4n) is 4.49. The van der Waals surface area contributed by atoms with E-state index in [0.29, 0.717) is 36.9 Å². The summed E-state index contributed by atoms with van der Waals surface area (Å²) in [4.78, 5) is 28.3. The van der Waals surface area contributed by atoms with Crippen molar-refractivity contribution in [3.05, 3.63) is 78.4 Å². The van der Waals surface area contributed by atoms with Crippen LogP contribution in [0, 0.1) is 0 Å². The number of carbonyl (C=O) groups is 2. The number of hydrogen-bond acceptors (Lipinski definition) is 7. The van der Waals surface area contributed by atoms with Gasteiger partial charge in [0.2, 0.25) is 11.8 Å². The van der Waals surface area contributed by atoms with Gasteiger partial charge in [-0.2, -0.15) is 0 Å². The first-order valence-corrected chi connectivity index (χ1v) is 14.3. The summed E-state index contributed by atoms with van der Waals surface area (Å²) in [5.74, 6) is 0.573. The summed E-state index contributed by atoms with van der Waals surface area (Å²) in [5, 5.41) is 2.62. The number of amides is 2. The Morgan fingerprint density at radius 3 is 2.38 bits per heavy atom. The van der Waals surface area contributed by atoms with Crippen LogP contribution in [0.25, 0.3) is 0 Å². The third-order valence-electron chi connectivity index (χ3n) is 6.54. The van der Waals surface area contributed by atoms with Crippen molar-refractivity contribution in [3.63, 3.8) is 0 Å². The van der Waals surface area contributed by atoms with E-state index in [0.717, 1.165) is 9.87 Å². The van der Waals surface area contributed by atoms with Gasteiger partial charge in [0.25, 0.3) is 10.0 Å². The first-order valence-electron chi connectivity index (χ1n) is 12.9. The summed E-state index contributed by atoms with van der Waals surface area (Å²) in [5.41, 5.74) is 0.961. The summed E-state index contributed by atoms with van der Waals surface area (Å²) < 4.78 is 45.5. The minimum atomic E-state index is -4.18. The van der Waals surface area contributed by atoms with Crippen molar-refractivity contribution < 1.29 is 32.2 Å². The highest BCUT2D eigenvalue weighted by Crippen LogP contribution is 2.36. The van der Waals surface area contributed by atoms with Crippen LogP contribution in [0.5, 0.6) is 17.2 Å². The van der Waals surface area contributed by atoms with Crippen molar-refractivity contribution in [2.75, 3.05) is 38.2 Å². The van der Waals surface area contributed by atoms with Gasteiger partial charge in [0.05, 0.1) is 17.7 Å². The molecule has 212 valence electrons. The Labute approximate surface area is 234 Å². The van der Waals surface area contributed by atoms with Crippen LogP contribution in [0.1, 0.15) is 18.9 Å². The van der Waals surface area contributed by atoms with Gasteiger partial charge in [-0.3, -0.25) is 13.9 Å². The maximum Gasteiger partial charge on any atom is 0.264 e. The number of hydrogen-bond donors (Lipinski definition) is 1. The van der Waals surface area contributed by atoms with Crippen LogP contribution < -0.4 is 23.8 Å². The molecule has 1 aliphatic heterocycles. The first kappa shape index (κ1) is 28.8. The molecular formula is C29H33N3O7S. The van der Waals surface area contributed by atoms with Crippen LogP contribution in [0.3, 0.4) is 0 Å². The molecule has 40 heavy (non-hydrogen) atoms. The normalized spacial score (nSPS) is 13.2. The van der Waals surface area contributed by atoms with Crippen LogP contribution in [0.2, 0.25) is 0 Å². The number of carbonyl (C=O) groups excluding carboxylic acids is 2. The minimum Gasteiger partial charge on any atom is -0.497 e. The molecule has 11 heteroatoms. The maximum absolute atomic E-state index is 14.0. The number of nitrogens with zero attached hydrogens (tertiary/aromatic N) is 2. The van der Waals surface area contributed by atoms with Crippen molar-refractivity contribution in [1.82, 2.24) is 10.2 Å². The monoisotopic (exact) mass is 567 g/mol. The van der Waals surface area contributed by atoms with E-state index >= 15 is 0 Å². The molecule has 0 bridgehead atoms. The zero-order valence-electron chi connectivity index (χ0n) is 22.7. The number of methoxy groups -OCH3 is 1. The van der Waals surface area contributed by atoms with Crippen molar-refractivity contribution in [1.29, 1.82) is 0 Å². The zero-order valence-corrected chi connectivity index (χ0v) is 23.5. The van der Waals surface area contributed by atoms with Crippen LogP contribution in [0.4, 0.5) is 5.69 Å². The van der Waals surface area contributed by atoms with Crippen LogP contribution in [-0.4, -0.2) is 65.1 Å². The summed E-state index contributed by atoms with van der Waals surface area (Å²) in [7, 11) is -1.14. The molecule has 4 rings (SSSR count). The lowest BCUT2D eigenvalue weighted by Gasteiger charge is -2.33. The van der Waals surface area contributed by atoms with E-state index in [2.05, 4.69) is 5.32 Å². The van der Waals surface area contributed by atoms with Gasteiger partial charge in [0.15, 0.2) is 11.5 Å². The lowest BCUT2D eigenvalue weighted by Crippen LogP contribution is -2.51. The number of nitrogens with one attached hydrogen (secondary N) is 1. The van der Waals surface area contributed by atoms with Crippen molar-refractivity contribution >= 4 is 27.5 Å². The number of sulfonamides is 1. The molecule has 0 spiro atoms.